The first-order chi connectivity index (χ1) is 24.0. The van der Waals surface area contributed by atoms with Crippen LogP contribution in [0.2, 0.25) is 0 Å². The van der Waals surface area contributed by atoms with Gasteiger partial charge in [-0.25, -0.2) is 13.2 Å². The number of hydrogen-bond donors (Lipinski definition) is 4. The van der Waals surface area contributed by atoms with Gasteiger partial charge in [-0.15, -0.1) is 0 Å². The minimum Gasteiger partial charge on any atom is -0.411 e. The van der Waals surface area contributed by atoms with Crippen molar-refractivity contribution in [3.05, 3.63) is 95.8 Å². The molecular formula is C37H50N6O6S. The summed E-state index contributed by atoms with van der Waals surface area (Å²) in [6, 6.07) is 18.6. The molecule has 4 N–H and O–H groups in total. The minimum absolute atomic E-state index is 0.0517. The van der Waals surface area contributed by atoms with Gasteiger partial charge < -0.3 is 25.8 Å². The van der Waals surface area contributed by atoms with Crippen LogP contribution in [0.15, 0.2) is 89.0 Å². The summed E-state index contributed by atoms with van der Waals surface area (Å²) < 4.78 is 29.5. The molecule has 1 aliphatic carbocycles. The van der Waals surface area contributed by atoms with Crippen molar-refractivity contribution in [1.82, 2.24) is 24.8 Å². The maximum absolute atomic E-state index is 14.1. The number of rotatable bonds is 17. The number of nitrogens with zero attached hydrogens (tertiary/aromatic N) is 4. The summed E-state index contributed by atoms with van der Waals surface area (Å²) in [7, 11) is -2.42. The van der Waals surface area contributed by atoms with Crippen LogP contribution in [0.25, 0.3) is 0 Å². The summed E-state index contributed by atoms with van der Waals surface area (Å²) in [5.74, 6) is -0.562. The second-order valence-corrected chi connectivity index (χ2v) is 15.1. The van der Waals surface area contributed by atoms with Gasteiger partial charge in [0.2, 0.25) is 15.9 Å². The number of hydrogen-bond acceptors (Lipinski definition) is 8. The van der Waals surface area contributed by atoms with Gasteiger partial charge in [-0.3, -0.25) is 9.78 Å². The van der Waals surface area contributed by atoms with Crippen LogP contribution in [0.1, 0.15) is 62.8 Å². The highest BCUT2D eigenvalue weighted by molar-refractivity contribution is 7.89. The highest BCUT2D eigenvalue weighted by atomic mass is 32.2. The first-order valence-electron chi connectivity index (χ1n) is 17.2. The Balaban J connectivity index is 1.58. The topological polar surface area (TPSA) is 165 Å². The van der Waals surface area contributed by atoms with E-state index in [0.717, 1.165) is 31.2 Å². The highest BCUT2D eigenvalue weighted by Crippen LogP contribution is 2.28. The van der Waals surface area contributed by atoms with Gasteiger partial charge >= 0.3 is 6.03 Å². The first-order valence-corrected chi connectivity index (χ1v) is 18.7. The molecule has 0 spiro atoms. The Kier molecular flexibility index (Phi) is 14.3. The van der Waals surface area contributed by atoms with E-state index in [-0.39, 0.29) is 42.8 Å². The van der Waals surface area contributed by atoms with Gasteiger partial charge in [0.15, 0.2) is 0 Å². The molecule has 50 heavy (non-hydrogen) atoms. The molecule has 1 fully saturated rings. The van der Waals surface area contributed by atoms with E-state index >= 15 is 0 Å². The predicted molar refractivity (Wildman–Crippen MR) is 192 cm³/mol. The summed E-state index contributed by atoms with van der Waals surface area (Å²) in [6.45, 7) is 4.04. The highest BCUT2D eigenvalue weighted by Gasteiger charge is 2.35. The maximum Gasteiger partial charge on any atom is 0.318 e. The van der Waals surface area contributed by atoms with E-state index in [4.69, 9.17) is 5.21 Å². The Bertz CT molecular complexity index is 1640. The molecule has 270 valence electrons. The van der Waals surface area contributed by atoms with E-state index in [0.29, 0.717) is 17.7 Å². The summed E-state index contributed by atoms with van der Waals surface area (Å²) in [5.41, 5.74) is 2.08. The van der Waals surface area contributed by atoms with Gasteiger partial charge in [-0.05, 0) is 66.5 Å². The van der Waals surface area contributed by atoms with Crippen LogP contribution in [0.3, 0.4) is 0 Å². The number of urea groups is 1. The van der Waals surface area contributed by atoms with Gasteiger partial charge in [0.25, 0.3) is 0 Å². The lowest BCUT2D eigenvalue weighted by Gasteiger charge is -2.33. The van der Waals surface area contributed by atoms with Gasteiger partial charge in [0.1, 0.15) is 6.04 Å². The fourth-order valence-corrected chi connectivity index (χ4v) is 7.74. The van der Waals surface area contributed by atoms with Crippen molar-refractivity contribution in [3.63, 3.8) is 0 Å². The number of carbonyl (C=O) groups is 2. The fourth-order valence-electron chi connectivity index (χ4n) is 6.20. The number of aliphatic hydroxyl groups is 1. The minimum atomic E-state index is -4.05. The van der Waals surface area contributed by atoms with Gasteiger partial charge in [0.05, 0.1) is 35.5 Å². The van der Waals surface area contributed by atoms with Crippen molar-refractivity contribution in [2.75, 3.05) is 20.1 Å². The molecule has 1 aliphatic rings. The average Bonchev–Trinajstić information content (AvgIpc) is 3.64. The molecule has 2 aromatic carbocycles. The molecule has 3 aromatic rings. The molecule has 13 heteroatoms. The lowest BCUT2D eigenvalue weighted by molar-refractivity contribution is -0.125. The van der Waals surface area contributed by atoms with Crippen LogP contribution in [-0.4, -0.2) is 89.4 Å². The van der Waals surface area contributed by atoms with E-state index in [1.807, 2.05) is 56.3 Å². The summed E-state index contributed by atoms with van der Waals surface area (Å²) in [5, 5.41) is 29.6. The number of carbonyl (C=O) groups excluding carboxylic acids is 2. The molecule has 1 aromatic heterocycles. The molecule has 0 saturated heterocycles. The molecule has 3 amide bonds. The van der Waals surface area contributed by atoms with Crippen molar-refractivity contribution in [1.29, 1.82) is 0 Å². The van der Waals surface area contributed by atoms with Crippen LogP contribution in [-0.2, 0) is 27.8 Å². The summed E-state index contributed by atoms with van der Waals surface area (Å²) in [6.07, 6.45) is 6.24. The van der Waals surface area contributed by atoms with Crippen molar-refractivity contribution >= 4 is 28.2 Å². The Hall–Kier alpha value is -4.33. The number of aliphatic hydroxyl groups excluding tert-OH is 1. The molecule has 1 saturated carbocycles. The number of oxime groups is 1. The molecule has 4 atom stereocenters. The van der Waals surface area contributed by atoms with Crippen LogP contribution >= 0.6 is 0 Å². The standard InChI is InChI=1S/C37H50N6O6S/c1-4-27(2)35(41-37(46)42(3)25-31-16-10-11-21-38-31)36(45)40-33(22-28-12-6-5-7-13-28)34(44)26-43(24-30-14-8-9-15-30)50(48,49)32-19-17-29(18-20-32)23-39-47/h5-7,10-13,16-21,23,27,30,33-35,44,47H,4,8-9,14-15,22,24-26H2,1-3H3,(H,40,45)(H,41,46)/t27-,33-,34+,35-/m0/s1. The largest absolute Gasteiger partial charge is 0.411 e. The van der Waals surface area contributed by atoms with Crippen LogP contribution < -0.4 is 10.6 Å². The molecular weight excluding hydrogens is 657 g/mol. The average molecular weight is 707 g/mol. The Morgan fingerprint density at radius 2 is 1.70 bits per heavy atom. The van der Waals surface area contributed by atoms with Gasteiger partial charge in [-0.1, -0.05) is 86.8 Å². The van der Waals surface area contributed by atoms with E-state index in [2.05, 4.69) is 20.8 Å². The monoisotopic (exact) mass is 706 g/mol. The fraction of sp³-hybridized carbons (Fsp3) is 0.459. The molecule has 0 radical (unpaired) electrons. The number of pyridine rings is 1. The number of sulfonamides is 1. The number of nitrogens with one attached hydrogen (secondary N) is 2. The molecule has 0 aliphatic heterocycles. The van der Waals surface area contributed by atoms with Crippen molar-refractivity contribution in [2.45, 2.75) is 82.0 Å². The Morgan fingerprint density at radius 3 is 2.32 bits per heavy atom. The Labute approximate surface area is 295 Å². The normalized spacial score (nSPS) is 16.2. The number of amides is 3. The molecule has 1 heterocycles. The van der Waals surface area contributed by atoms with E-state index in [1.54, 1.807) is 31.4 Å². The predicted octanol–water partition coefficient (Wildman–Crippen LogP) is 4.42. The zero-order valence-corrected chi connectivity index (χ0v) is 29.9. The zero-order chi connectivity index (χ0) is 36.1. The Morgan fingerprint density at radius 1 is 1.02 bits per heavy atom. The zero-order valence-electron chi connectivity index (χ0n) is 29.1. The van der Waals surface area contributed by atoms with Crippen LogP contribution in [0.4, 0.5) is 4.79 Å². The second kappa shape index (κ2) is 18.6. The third-order valence-electron chi connectivity index (χ3n) is 9.39. The lowest BCUT2D eigenvalue weighted by Crippen LogP contribution is -2.58. The third kappa shape index (κ3) is 10.8. The maximum atomic E-state index is 14.1. The third-order valence-corrected chi connectivity index (χ3v) is 11.2. The first kappa shape index (κ1) is 38.5. The smallest absolute Gasteiger partial charge is 0.318 e. The molecule has 0 bridgehead atoms. The van der Waals surface area contributed by atoms with E-state index in [1.165, 1.54) is 27.6 Å². The van der Waals surface area contributed by atoms with Gasteiger partial charge in [0, 0.05) is 26.3 Å². The van der Waals surface area contributed by atoms with Crippen molar-refractivity contribution in [3.8, 4) is 0 Å². The van der Waals surface area contributed by atoms with Gasteiger partial charge in [-0.2, -0.15) is 4.31 Å². The van der Waals surface area contributed by atoms with E-state index < -0.39 is 40.1 Å². The SMILES string of the molecule is CC[C@H](C)[C@H](NC(=O)N(C)Cc1ccccn1)C(=O)N[C@@H](Cc1ccccc1)[C@H](O)CN(CC1CCCC1)S(=O)(=O)c1ccc(C=NO)cc1. The summed E-state index contributed by atoms with van der Waals surface area (Å²) in [4.78, 5) is 33.1. The van der Waals surface area contributed by atoms with E-state index in [9.17, 15) is 23.1 Å². The molecule has 12 nitrogen and oxygen atoms in total. The second-order valence-electron chi connectivity index (χ2n) is 13.1. The molecule has 0 unspecified atom stereocenters. The van der Waals surface area contributed by atoms with Crippen molar-refractivity contribution in [2.24, 2.45) is 17.0 Å². The van der Waals surface area contributed by atoms with Crippen LogP contribution in [0, 0.1) is 11.8 Å². The molecule has 4 rings (SSSR count). The quantitative estimate of drug-likeness (QED) is 0.0917. The number of benzene rings is 2. The van der Waals surface area contributed by atoms with Crippen molar-refractivity contribution < 1.29 is 28.3 Å². The number of aromatic nitrogens is 1. The van der Waals surface area contributed by atoms with Crippen LogP contribution in [0.5, 0.6) is 0 Å². The summed E-state index contributed by atoms with van der Waals surface area (Å²) >= 11 is 0. The lowest BCUT2D eigenvalue weighted by atomic mass is 9.96.